The van der Waals surface area contributed by atoms with Gasteiger partial charge < -0.3 is 9.88 Å². The first-order chi connectivity index (χ1) is 14.1. The van der Waals surface area contributed by atoms with Crippen LogP contribution in [0.5, 0.6) is 0 Å². The quantitative estimate of drug-likeness (QED) is 0.482. The fourth-order valence-electron chi connectivity index (χ4n) is 3.16. The number of para-hydroxylation sites is 2. The lowest BCUT2D eigenvalue weighted by Gasteiger charge is -2.10. The molecule has 0 saturated carbocycles. The largest absolute Gasteiger partial charge is 0.345 e. The molecule has 0 spiro atoms. The van der Waals surface area contributed by atoms with Crippen LogP contribution in [0.2, 0.25) is 5.02 Å². The highest BCUT2D eigenvalue weighted by Gasteiger charge is 2.15. The van der Waals surface area contributed by atoms with Gasteiger partial charge in [0.2, 0.25) is 0 Å². The molecule has 1 N–H and O–H groups in total. The Hall–Kier alpha value is -3.44. The molecule has 4 rings (SSSR count). The van der Waals surface area contributed by atoms with E-state index < -0.39 is 0 Å². The molecule has 0 saturated heterocycles. The van der Waals surface area contributed by atoms with E-state index in [1.807, 2.05) is 47.0 Å². The van der Waals surface area contributed by atoms with Crippen molar-refractivity contribution in [2.24, 2.45) is 0 Å². The number of amides is 1. The van der Waals surface area contributed by atoms with Crippen LogP contribution in [0, 0.1) is 0 Å². The van der Waals surface area contributed by atoms with E-state index in [0.29, 0.717) is 22.0 Å². The van der Waals surface area contributed by atoms with E-state index in [-0.39, 0.29) is 24.8 Å². The predicted molar refractivity (Wildman–Crippen MR) is 113 cm³/mol. The summed E-state index contributed by atoms with van der Waals surface area (Å²) in [4.78, 5) is 29.8. The molecular weight excluding hydrogens is 386 g/mol. The van der Waals surface area contributed by atoms with Crippen molar-refractivity contribution in [3.8, 4) is 0 Å². The van der Waals surface area contributed by atoms with Gasteiger partial charge in [-0.15, -0.1) is 0 Å². The van der Waals surface area contributed by atoms with Gasteiger partial charge >= 0.3 is 0 Å². The Morgan fingerprint density at radius 2 is 1.55 bits per heavy atom. The zero-order valence-corrected chi connectivity index (χ0v) is 16.3. The topological polar surface area (TPSA) is 64.0 Å². The summed E-state index contributed by atoms with van der Waals surface area (Å²) in [6, 6.07) is 23.4. The van der Waals surface area contributed by atoms with Gasteiger partial charge in [-0.3, -0.25) is 9.59 Å². The van der Waals surface area contributed by atoms with Crippen molar-refractivity contribution in [1.29, 1.82) is 0 Å². The normalized spacial score (nSPS) is 10.8. The van der Waals surface area contributed by atoms with E-state index in [2.05, 4.69) is 10.3 Å². The van der Waals surface area contributed by atoms with E-state index >= 15 is 0 Å². The molecule has 5 nitrogen and oxygen atoms in total. The summed E-state index contributed by atoms with van der Waals surface area (Å²) in [7, 11) is 0. The van der Waals surface area contributed by atoms with Crippen LogP contribution >= 0.6 is 11.6 Å². The van der Waals surface area contributed by atoms with Crippen LogP contribution in [-0.2, 0) is 13.1 Å². The van der Waals surface area contributed by atoms with Gasteiger partial charge in [-0.25, -0.2) is 4.98 Å². The number of benzene rings is 3. The number of nitrogens with one attached hydrogen (secondary N) is 1. The first kappa shape index (κ1) is 18.9. The number of carbonyl (C=O) groups is 2. The molecule has 0 aliphatic carbocycles. The standard InChI is InChI=1S/C23H18ClN3O2/c24-18-12-10-17(11-13-18)23(29)25-14-22-26-19-8-4-5-9-20(19)27(22)15-21(28)16-6-2-1-3-7-16/h1-13H,14-15H2,(H,25,29). The lowest BCUT2D eigenvalue weighted by molar-refractivity contribution is 0.0949. The van der Waals surface area contributed by atoms with Gasteiger partial charge in [0, 0.05) is 16.1 Å². The summed E-state index contributed by atoms with van der Waals surface area (Å²) in [5.74, 6) is 0.381. The Morgan fingerprint density at radius 3 is 2.31 bits per heavy atom. The first-order valence-electron chi connectivity index (χ1n) is 9.18. The summed E-state index contributed by atoms with van der Waals surface area (Å²) in [5, 5.41) is 3.44. The third-order valence-corrected chi connectivity index (χ3v) is 4.90. The van der Waals surface area contributed by atoms with Crippen molar-refractivity contribution in [2.45, 2.75) is 13.1 Å². The Morgan fingerprint density at radius 1 is 0.862 bits per heavy atom. The third kappa shape index (κ3) is 4.20. The van der Waals surface area contributed by atoms with Crippen molar-refractivity contribution in [2.75, 3.05) is 0 Å². The number of nitrogens with zero attached hydrogens (tertiary/aromatic N) is 2. The molecule has 0 fully saturated rings. The van der Waals surface area contributed by atoms with E-state index in [9.17, 15) is 9.59 Å². The molecule has 0 bridgehead atoms. The number of imidazole rings is 1. The number of rotatable bonds is 6. The van der Waals surface area contributed by atoms with Gasteiger partial charge in [0.05, 0.1) is 24.1 Å². The number of hydrogen-bond donors (Lipinski definition) is 1. The number of ketones is 1. The summed E-state index contributed by atoms with van der Waals surface area (Å²) < 4.78 is 1.85. The Labute approximate surface area is 173 Å². The maximum Gasteiger partial charge on any atom is 0.251 e. The van der Waals surface area contributed by atoms with Crippen LogP contribution in [0.1, 0.15) is 26.5 Å². The molecule has 1 aromatic heterocycles. The van der Waals surface area contributed by atoms with Crippen molar-refractivity contribution in [3.05, 3.63) is 101 Å². The van der Waals surface area contributed by atoms with Gasteiger partial charge in [-0.1, -0.05) is 54.1 Å². The molecule has 0 unspecified atom stereocenters. The predicted octanol–water partition coefficient (Wildman–Crippen LogP) is 4.50. The molecule has 1 amide bonds. The van der Waals surface area contributed by atoms with Crippen molar-refractivity contribution < 1.29 is 9.59 Å². The zero-order chi connectivity index (χ0) is 20.2. The highest BCUT2D eigenvalue weighted by molar-refractivity contribution is 6.30. The summed E-state index contributed by atoms with van der Waals surface area (Å²) in [5.41, 5.74) is 2.79. The van der Waals surface area contributed by atoms with Crippen molar-refractivity contribution >= 4 is 34.3 Å². The maximum absolute atomic E-state index is 12.8. The monoisotopic (exact) mass is 403 g/mol. The Balaban J connectivity index is 1.58. The third-order valence-electron chi connectivity index (χ3n) is 4.64. The molecule has 0 atom stereocenters. The zero-order valence-electron chi connectivity index (χ0n) is 15.5. The highest BCUT2D eigenvalue weighted by atomic mass is 35.5. The molecule has 0 aliphatic heterocycles. The number of Topliss-reactive ketones (excluding diaryl/α,β-unsaturated/α-hetero) is 1. The van der Waals surface area contributed by atoms with Crippen molar-refractivity contribution in [1.82, 2.24) is 14.9 Å². The van der Waals surface area contributed by atoms with Crippen molar-refractivity contribution in [3.63, 3.8) is 0 Å². The van der Waals surface area contributed by atoms with Gasteiger partial charge in [0.1, 0.15) is 5.82 Å². The Kier molecular flexibility index (Phi) is 5.40. The minimum Gasteiger partial charge on any atom is -0.345 e. The average Bonchev–Trinajstić information content (AvgIpc) is 3.10. The molecule has 3 aromatic carbocycles. The van der Waals surface area contributed by atoms with Gasteiger partial charge in [-0.2, -0.15) is 0 Å². The minimum atomic E-state index is -0.227. The fourth-order valence-corrected chi connectivity index (χ4v) is 3.28. The molecule has 0 aliphatic rings. The number of fused-ring (bicyclic) bond motifs is 1. The molecule has 1 heterocycles. The number of hydrogen-bond acceptors (Lipinski definition) is 3. The molecule has 6 heteroatoms. The molecule has 0 radical (unpaired) electrons. The van der Waals surface area contributed by atoms with Gasteiger partial charge in [-0.05, 0) is 36.4 Å². The van der Waals surface area contributed by atoms with Crippen LogP contribution in [-0.4, -0.2) is 21.2 Å². The number of aromatic nitrogens is 2. The minimum absolute atomic E-state index is 0.0148. The van der Waals surface area contributed by atoms with Crippen LogP contribution in [0.3, 0.4) is 0 Å². The highest BCUT2D eigenvalue weighted by Crippen LogP contribution is 2.17. The smallest absolute Gasteiger partial charge is 0.251 e. The summed E-state index contributed by atoms with van der Waals surface area (Å²) in [6.45, 7) is 0.356. The van der Waals surface area contributed by atoms with E-state index in [4.69, 9.17) is 11.6 Å². The summed E-state index contributed by atoms with van der Waals surface area (Å²) in [6.07, 6.45) is 0. The van der Waals surface area contributed by atoms with Crippen LogP contribution in [0.25, 0.3) is 11.0 Å². The van der Waals surface area contributed by atoms with Gasteiger partial charge in [0.25, 0.3) is 5.91 Å². The van der Waals surface area contributed by atoms with E-state index in [0.717, 1.165) is 11.0 Å². The molecular formula is C23H18ClN3O2. The number of carbonyl (C=O) groups excluding carboxylic acids is 2. The van der Waals surface area contributed by atoms with Crippen LogP contribution < -0.4 is 5.32 Å². The van der Waals surface area contributed by atoms with Gasteiger partial charge in [0.15, 0.2) is 5.78 Å². The maximum atomic E-state index is 12.8. The Bertz CT molecular complexity index is 1170. The lowest BCUT2D eigenvalue weighted by Crippen LogP contribution is -2.25. The van der Waals surface area contributed by atoms with Crippen LogP contribution in [0.15, 0.2) is 78.9 Å². The SMILES string of the molecule is O=C(Cn1c(CNC(=O)c2ccc(Cl)cc2)nc2ccccc21)c1ccccc1. The average molecular weight is 404 g/mol. The first-order valence-corrected chi connectivity index (χ1v) is 9.56. The second-order valence-electron chi connectivity index (χ2n) is 6.58. The molecule has 4 aromatic rings. The summed E-state index contributed by atoms with van der Waals surface area (Å²) >= 11 is 5.88. The fraction of sp³-hybridized carbons (Fsp3) is 0.0870. The van der Waals surface area contributed by atoms with Crippen LogP contribution in [0.4, 0.5) is 0 Å². The van der Waals surface area contributed by atoms with E-state index in [1.165, 1.54) is 0 Å². The molecule has 29 heavy (non-hydrogen) atoms. The van der Waals surface area contributed by atoms with E-state index in [1.54, 1.807) is 36.4 Å². The second kappa shape index (κ2) is 8.29. The lowest BCUT2D eigenvalue weighted by atomic mass is 10.1. The number of halogens is 1. The molecule has 144 valence electrons. The second-order valence-corrected chi connectivity index (χ2v) is 7.02.